The molecule has 0 amide bonds. The molecule has 8 heteroatoms. The van der Waals surface area contributed by atoms with Gasteiger partial charge in [0.1, 0.15) is 17.4 Å². The zero-order chi connectivity index (χ0) is 18.6. The number of pyridine rings is 1. The van der Waals surface area contributed by atoms with Crippen LogP contribution in [0.1, 0.15) is 35.3 Å². The van der Waals surface area contributed by atoms with E-state index in [4.69, 9.17) is 10.00 Å². The second-order valence-electron chi connectivity index (χ2n) is 5.23. The minimum absolute atomic E-state index is 0.0638. The molecule has 0 bridgehead atoms. The Hall–Kier alpha value is -3.47. The van der Waals surface area contributed by atoms with Crippen molar-refractivity contribution in [2.24, 2.45) is 0 Å². The standard InChI is InChI=1S/C17H15N3O5/c1-3-25-16-5-4-12(11(2)21)6-14(16)9-19-10-15(20(23)24)7-13(8-18)17(19)22/h4-7,10H,3,9H2,1-2H3. The van der Waals surface area contributed by atoms with Crippen LogP contribution in [0.5, 0.6) is 5.75 Å². The maximum Gasteiger partial charge on any atom is 0.287 e. The summed E-state index contributed by atoms with van der Waals surface area (Å²) in [4.78, 5) is 34.2. The fraction of sp³-hybridized carbons (Fsp3) is 0.235. The molecule has 0 spiro atoms. The van der Waals surface area contributed by atoms with Crippen molar-refractivity contribution in [2.75, 3.05) is 6.61 Å². The van der Waals surface area contributed by atoms with Crippen molar-refractivity contribution in [3.8, 4) is 11.8 Å². The Kier molecular flexibility index (Phi) is 5.29. The molecule has 0 saturated carbocycles. The first kappa shape index (κ1) is 17.9. The van der Waals surface area contributed by atoms with Gasteiger partial charge in [-0.1, -0.05) is 0 Å². The van der Waals surface area contributed by atoms with Crippen LogP contribution in [0.15, 0.2) is 35.3 Å². The lowest BCUT2D eigenvalue weighted by atomic mass is 10.1. The number of ether oxygens (including phenoxy) is 1. The van der Waals surface area contributed by atoms with Gasteiger partial charge >= 0.3 is 0 Å². The number of ketones is 1. The topological polar surface area (TPSA) is 115 Å². The third kappa shape index (κ3) is 3.90. The highest BCUT2D eigenvalue weighted by Crippen LogP contribution is 2.22. The molecule has 0 aliphatic heterocycles. The second-order valence-corrected chi connectivity index (χ2v) is 5.23. The van der Waals surface area contributed by atoms with E-state index in [2.05, 4.69) is 0 Å². The lowest BCUT2D eigenvalue weighted by Gasteiger charge is -2.13. The van der Waals surface area contributed by atoms with E-state index in [1.807, 2.05) is 0 Å². The lowest BCUT2D eigenvalue weighted by Crippen LogP contribution is -2.23. The predicted molar refractivity (Wildman–Crippen MR) is 88.8 cm³/mol. The minimum atomic E-state index is -0.674. The van der Waals surface area contributed by atoms with Gasteiger partial charge in [-0.2, -0.15) is 5.26 Å². The molecule has 0 radical (unpaired) electrons. The molecule has 1 heterocycles. The summed E-state index contributed by atoms with van der Waals surface area (Å²) >= 11 is 0. The van der Waals surface area contributed by atoms with Crippen LogP contribution in [0, 0.1) is 21.4 Å². The van der Waals surface area contributed by atoms with Crippen molar-refractivity contribution in [3.05, 3.63) is 67.6 Å². The van der Waals surface area contributed by atoms with Gasteiger partial charge in [-0.25, -0.2) is 0 Å². The number of carbonyl (C=O) groups excluding carboxylic acids is 1. The summed E-state index contributed by atoms with van der Waals surface area (Å²) in [6.07, 6.45) is 1.07. The molecule has 25 heavy (non-hydrogen) atoms. The summed E-state index contributed by atoms with van der Waals surface area (Å²) in [6, 6.07) is 7.39. The number of hydrogen-bond acceptors (Lipinski definition) is 6. The van der Waals surface area contributed by atoms with Gasteiger partial charge in [-0.05, 0) is 32.0 Å². The van der Waals surface area contributed by atoms with Crippen LogP contribution in [-0.4, -0.2) is 21.9 Å². The molecule has 2 aromatic rings. The van der Waals surface area contributed by atoms with Crippen molar-refractivity contribution in [3.63, 3.8) is 0 Å². The number of carbonyl (C=O) groups is 1. The van der Waals surface area contributed by atoms with Crippen LogP contribution >= 0.6 is 0 Å². The van der Waals surface area contributed by atoms with Gasteiger partial charge in [0.05, 0.1) is 24.3 Å². The Labute approximate surface area is 143 Å². The summed E-state index contributed by atoms with van der Waals surface area (Å²) in [6.45, 7) is 3.51. The van der Waals surface area contributed by atoms with Gasteiger partial charge < -0.3 is 9.30 Å². The zero-order valence-corrected chi connectivity index (χ0v) is 13.7. The Balaban J connectivity index is 2.59. The summed E-state index contributed by atoms with van der Waals surface area (Å²) < 4.78 is 6.56. The first-order valence-corrected chi connectivity index (χ1v) is 7.43. The second kappa shape index (κ2) is 7.40. The third-order valence-corrected chi connectivity index (χ3v) is 3.51. The predicted octanol–water partition coefficient (Wildman–Crippen LogP) is 2.28. The van der Waals surface area contributed by atoms with Gasteiger partial charge in [-0.3, -0.25) is 19.7 Å². The van der Waals surface area contributed by atoms with Crippen molar-refractivity contribution >= 4 is 11.5 Å². The number of Topliss-reactive ketones (excluding diaryl/α,β-unsaturated/α-hetero) is 1. The van der Waals surface area contributed by atoms with Crippen LogP contribution in [0.2, 0.25) is 0 Å². The highest BCUT2D eigenvalue weighted by Gasteiger charge is 2.16. The highest BCUT2D eigenvalue weighted by molar-refractivity contribution is 5.94. The molecule has 0 saturated heterocycles. The van der Waals surface area contributed by atoms with E-state index < -0.39 is 10.5 Å². The molecule has 1 aromatic heterocycles. The average Bonchev–Trinajstić information content (AvgIpc) is 2.57. The molecule has 0 atom stereocenters. The normalized spacial score (nSPS) is 10.1. The van der Waals surface area contributed by atoms with Crippen LogP contribution in [0.4, 0.5) is 5.69 Å². The highest BCUT2D eigenvalue weighted by atomic mass is 16.6. The summed E-state index contributed by atoms with van der Waals surface area (Å²) in [5, 5.41) is 20.0. The van der Waals surface area contributed by atoms with Gasteiger partial charge in [-0.15, -0.1) is 0 Å². The fourth-order valence-electron chi connectivity index (χ4n) is 2.32. The molecule has 0 N–H and O–H groups in total. The number of hydrogen-bond donors (Lipinski definition) is 0. The molecule has 0 fully saturated rings. The van der Waals surface area contributed by atoms with Crippen LogP contribution in [-0.2, 0) is 6.54 Å². The van der Waals surface area contributed by atoms with Crippen molar-refractivity contribution in [2.45, 2.75) is 20.4 Å². The summed E-state index contributed by atoms with van der Waals surface area (Å²) in [5.41, 5.74) is -0.394. The SMILES string of the molecule is CCOc1ccc(C(C)=O)cc1Cn1cc([N+](=O)[O-])cc(C#N)c1=O. The first-order chi connectivity index (χ1) is 11.9. The van der Waals surface area contributed by atoms with Crippen LogP contribution < -0.4 is 10.3 Å². The van der Waals surface area contributed by atoms with Gasteiger partial charge in [0.15, 0.2) is 5.78 Å². The fourth-order valence-corrected chi connectivity index (χ4v) is 2.32. The molecule has 128 valence electrons. The molecule has 0 aliphatic rings. The monoisotopic (exact) mass is 341 g/mol. The quantitative estimate of drug-likeness (QED) is 0.452. The van der Waals surface area contributed by atoms with E-state index >= 15 is 0 Å². The van der Waals surface area contributed by atoms with Gasteiger partial charge in [0, 0.05) is 17.2 Å². The van der Waals surface area contributed by atoms with Crippen molar-refractivity contribution in [1.29, 1.82) is 5.26 Å². The third-order valence-electron chi connectivity index (χ3n) is 3.51. The Morgan fingerprint density at radius 1 is 1.40 bits per heavy atom. The van der Waals surface area contributed by atoms with E-state index in [0.717, 1.165) is 16.8 Å². The largest absolute Gasteiger partial charge is 0.494 e. The number of aromatic nitrogens is 1. The van der Waals surface area contributed by atoms with E-state index in [1.54, 1.807) is 31.2 Å². The van der Waals surface area contributed by atoms with Gasteiger partial charge in [0.25, 0.3) is 11.2 Å². The molecule has 8 nitrogen and oxygen atoms in total. The smallest absolute Gasteiger partial charge is 0.287 e. The Morgan fingerprint density at radius 2 is 2.12 bits per heavy atom. The van der Waals surface area contributed by atoms with Crippen molar-refractivity contribution in [1.82, 2.24) is 4.57 Å². The Bertz CT molecular complexity index is 940. The number of nitrogens with zero attached hydrogens (tertiary/aromatic N) is 3. The van der Waals surface area contributed by atoms with E-state index in [-0.39, 0.29) is 23.6 Å². The maximum absolute atomic E-state index is 12.3. The molecular weight excluding hydrogens is 326 g/mol. The molecule has 0 aliphatic carbocycles. The number of rotatable bonds is 6. The zero-order valence-electron chi connectivity index (χ0n) is 13.7. The summed E-state index contributed by atoms with van der Waals surface area (Å²) in [5.74, 6) is 0.304. The minimum Gasteiger partial charge on any atom is -0.494 e. The molecular formula is C17H15N3O5. The first-order valence-electron chi connectivity index (χ1n) is 7.43. The number of nitro groups is 1. The van der Waals surface area contributed by atoms with E-state index in [0.29, 0.717) is 23.5 Å². The molecule has 0 unspecified atom stereocenters. The maximum atomic E-state index is 12.3. The molecule has 1 aromatic carbocycles. The van der Waals surface area contributed by atoms with Crippen molar-refractivity contribution < 1.29 is 14.5 Å². The molecule has 2 rings (SSSR count). The van der Waals surface area contributed by atoms with Crippen LogP contribution in [0.25, 0.3) is 0 Å². The Morgan fingerprint density at radius 3 is 2.68 bits per heavy atom. The van der Waals surface area contributed by atoms with E-state index in [9.17, 15) is 19.7 Å². The van der Waals surface area contributed by atoms with Gasteiger partial charge in [0.2, 0.25) is 0 Å². The average molecular weight is 341 g/mol. The number of benzene rings is 1. The van der Waals surface area contributed by atoms with E-state index in [1.165, 1.54) is 6.92 Å². The van der Waals surface area contributed by atoms with Crippen LogP contribution in [0.3, 0.4) is 0 Å². The lowest BCUT2D eigenvalue weighted by molar-refractivity contribution is -0.385. The summed E-state index contributed by atoms with van der Waals surface area (Å²) in [7, 11) is 0. The number of nitriles is 1.